The molecule has 2 rings (SSSR count). The van der Waals surface area contributed by atoms with Crippen LogP contribution in [0.15, 0.2) is 59.1 Å². The van der Waals surface area contributed by atoms with Crippen molar-refractivity contribution in [3.8, 4) is 0 Å². The number of hydrogen-bond donors (Lipinski definition) is 3. The maximum Gasteiger partial charge on any atom is 0.329 e. The number of aryl methyl sites for hydroxylation is 1. The maximum atomic E-state index is 13.0. The number of nitro groups is 1. The van der Waals surface area contributed by atoms with Crippen LogP contribution >= 0.6 is 0 Å². The summed E-state index contributed by atoms with van der Waals surface area (Å²) in [4.78, 5) is 35.6. The molecule has 2 aromatic rings. The van der Waals surface area contributed by atoms with Crippen LogP contribution in [0.3, 0.4) is 0 Å². The van der Waals surface area contributed by atoms with Crippen LogP contribution in [0.4, 0.5) is 11.4 Å². The zero-order valence-electron chi connectivity index (χ0n) is 27.7. The number of carbonyl (C=O) groups excluding carboxylic acids is 2. The Labute approximate surface area is 275 Å². The standard InChI is InChI=1S/C35H52N4O6S/c1-4-5-6-7-8-9-10-11-12-13-14-15-16-17-24-33(39(42)43)35(41)36-26-25-34(40)37-30-21-19-22-31(27-30)46(44,45)38-32-23-18-20-28(2)29(32)3/h18-24,27,38H,4-17,25-26H2,1-3H3,(H,36,41)(H,37,40)/b33-24+. The highest BCUT2D eigenvalue weighted by molar-refractivity contribution is 7.92. The van der Waals surface area contributed by atoms with Gasteiger partial charge in [-0.15, -0.1) is 0 Å². The summed E-state index contributed by atoms with van der Waals surface area (Å²) in [6.45, 7) is 5.84. The minimum Gasteiger partial charge on any atom is -0.346 e. The number of nitrogens with one attached hydrogen (secondary N) is 3. The van der Waals surface area contributed by atoms with E-state index < -0.39 is 32.5 Å². The summed E-state index contributed by atoms with van der Waals surface area (Å²) in [5.74, 6) is -1.31. The van der Waals surface area contributed by atoms with E-state index in [1.54, 1.807) is 18.2 Å². The number of anilines is 2. The second kappa shape index (κ2) is 21.1. The normalized spacial score (nSPS) is 11.7. The number of rotatable bonds is 23. The first kappa shape index (κ1) is 38.5. The second-order valence-electron chi connectivity index (χ2n) is 11.8. The fourth-order valence-corrected chi connectivity index (χ4v) is 6.23. The molecule has 0 fully saturated rings. The molecule has 0 aliphatic heterocycles. The van der Waals surface area contributed by atoms with Gasteiger partial charge in [0, 0.05) is 18.7 Å². The highest BCUT2D eigenvalue weighted by atomic mass is 32.2. The summed E-state index contributed by atoms with van der Waals surface area (Å²) < 4.78 is 28.5. The second-order valence-corrected chi connectivity index (χ2v) is 13.5. The topological polar surface area (TPSA) is 148 Å². The third-order valence-corrected chi connectivity index (χ3v) is 9.35. The van der Waals surface area contributed by atoms with Gasteiger partial charge in [0.15, 0.2) is 0 Å². The molecule has 0 unspecified atom stereocenters. The van der Waals surface area contributed by atoms with Crippen molar-refractivity contribution in [3.63, 3.8) is 0 Å². The van der Waals surface area contributed by atoms with E-state index in [9.17, 15) is 28.1 Å². The van der Waals surface area contributed by atoms with Gasteiger partial charge in [0.25, 0.3) is 10.0 Å². The van der Waals surface area contributed by atoms with Crippen LogP contribution in [0, 0.1) is 24.0 Å². The first-order valence-electron chi connectivity index (χ1n) is 16.7. The van der Waals surface area contributed by atoms with Gasteiger partial charge in [0.2, 0.25) is 5.91 Å². The van der Waals surface area contributed by atoms with E-state index in [-0.39, 0.29) is 23.5 Å². The van der Waals surface area contributed by atoms with Gasteiger partial charge in [0.05, 0.1) is 15.5 Å². The monoisotopic (exact) mass is 656 g/mol. The van der Waals surface area contributed by atoms with E-state index in [0.29, 0.717) is 12.1 Å². The Morgan fingerprint density at radius 1 is 0.848 bits per heavy atom. The van der Waals surface area contributed by atoms with Gasteiger partial charge in [0.1, 0.15) is 0 Å². The number of nitrogens with zero attached hydrogens (tertiary/aromatic N) is 1. The lowest BCUT2D eigenvalue weighted by molar-refractivity contribution is -0.419. The average molecular weight is 657 g/mol. The van der Waals surface area contributed by atoms with E-state index in [2.05, 4.69) is 22.3 Å². The van der Waals surface area contributed by atoms with E-state index in [1.165, 1.54) is 82.1 Å². The first-order valence-corrected chi connectivity index (χ1v) is 18.1. The van der Waals surface area contributed by atoms with Crippen LogP contribution in [0.1, 0.15) is 114 Å². The van der Waals surface area contributed by atoms with Gasteiger partial charge in [-0.1, -0.05) is 102 Å². The molecule has 0 spiro atoms. The number of benzene rings is 2. The molecule has 0 aliphatic rings. The Morgan fingerprint density at radius 3 is 2.04 bits per heavy atom. The molecular weight excluding hydrogens is 604 g/mol. The van der Waals surface area contributed by atoms with Crippen molar-refractivity contribution in [1.29, 1.82) is 0 Å². The van der Waals surface area contributed by atoms with Gasteiger partial charge in [-0.3, -0.25) is 24.4 Å². The molecule has 11 heteroatoms. The zero-order valence-corrected chi connectivity index (χ0v) is 28.6. The van der Waals surface area contributed by atoms with Gasteiger partial charge in [-0.25, -0.2) is 8.42 Å². The third-order valence-electron chi connectivity index (χ3n) is 7.99. The number of amides is 2. The smallest absolute Gasteiger partial charge is 0.329 e. The first-order chi connectivity index (χ1) is 22.0. The Morgan fingerprint density at radius 2 is 1.43 bits per heavy atom. The molecule has 0 heterocycles. The molecule has 0 atom stereocenters. The average Bonchev–Trinajstić information content (AvgIpc) is 3.01. The lowest BCUT2D eigenvalue weighted by Crippen LogP contribution is -2.31. The van der Waals surface area contributed by atoms with Crippen LogP contribution in [-0.2, 0) is 19.6 Å². The predicted octanol–water partition coefficient (Wildman–Crippen LogP) is 8.19. The predicted molar refractivity (Wildman–Crippen MR) is 185 cm³/mol. The maximum absolute atomic E-state index is 13.0. The van der Waals surface area contributed by atoms with Crippen molar-refractivity contribution in [3.05, 3.63) is 75.5 Å². The van der Waals surface area contributed by atoms with Crippen LogP contribution in [0.25, 0.3) is 0 Å². The van der Waals surface area contributed by atoms with Crippen molar-refractivity contribution in [2.45, 2.75) is 122 Å². The Bertz CT molecular complexity index is 1410. The summed E-state index contributed by atoms with van der Waals surface area (Å²) in [5.41, 5.74) is 1.98. The van der Waals surface area contributed by atoms with E-state index in [1.807, 2.05) is 19.9 Å². The van der Waals surface area contributed by atoms with Crippen LogP contribution in [0.5, 0.6) is 0 Å². The number of sulfonamides is 1. The van der Waals surface area contributed by atoms with Crippen molar-refractivity contribution < 1.29 is 22.9 Å². The molecule has 0 saturated carbocycles. The Hall–Kier alpha value is -3.73. The SMILES string of the molecule is CCCCCCCCCCCCCCC/C=C(\C(=O)NCCC(=O)Nc1cccc(S(=O)(=O)Nc2cccc(C)c2C)c1)[N+](=O)[O-]. The lowest BCUT2D eigenvalue weighted by atomic mass is 10.0. The number of unbranched alkanes of at least 4 members (excludes halogenated alkanes) is 13. The van der Waals surface area contributed by atoms with Crippen molar-refractivity contribution in [2.75, 3.05) is 16.6 Å². The molecule has 3 N–H and O–H groups in total. The van der Waals surface area contributed by atoms with Gasteiger partial charge in [-0.2, -0.15) is 0 Å². The van der Waals surface area contributed by atoms with E-state index >= 15 is 0 Å². The summed E-state index contributed by atoms with van der Waals surface area (Å²) in [7, 11) is -3.91. The molecule has 46 heavy (non-hydrogen) atoms. The van der Waals surface area contributed by atoms with Crippen molar-refractivity contribution in [1.82, 2.24) is 5.32 Å². The minimum absolute atomic E-state index is 0.0243. The highest BCUT2D eigenvalue weighted by Gasteiger charge is 2.21. The number of hydrogen-bond acceptors (Lipinski definition) is 6. The quantitative estimate of drug-likeness (QED) is 0.0475. The fraction of sp³-hybridized carbons (Fsp3) is 0.543. The van der Waals surface area contributed by atoms with Crippen molar-refractivity contribution in [2.24, 2.45) is 0 Å². The summed E-state index contributed by atoms with van der Waals surface area (Å²) >= 11 is 0. The summed E-state index contributed by atoms with van der Waals surface area (Å²) in [6, 6.07) is 11.2. The third kappa shape index (κ3) is 14.6. The number of carbonyl (C=O) groups is 2. The molecule has 0 saturated heterocycles. The van der Waals surface area contributed by atoms with Crippen molar-refractivity contribution >= 4 is 33.2 Å². The zero-order chi connectivity index (χ0) is 33.8. The molecule has 2 aromatic carbocycles. The minimum atomic E-state index is -3.91. The molecule has 0 aromatic heterocycles. The van der Waals surface area contributed by atoms with E-state index in [0.717, 1.165) is 36.8 Å². The van der Waals surface area contributed by atoms with E-state index in [4.69, 9.17) is 0 Å². The molecular formula is C35H52N4O6S. The molecule has 2 amide bonds. The number of allylic oxidation sites excluding steroid dienone is 1. The van der Waals surface area contributed by atoms with Gasteiger partial charge >= 0.3 is 11.6 Å². The van der Waals surface area contributed by atoms with Crippen LogP contribution in [-0.4, -0.2) is 31.7 Å². The molecule has 10 nitrogen and oxygen atoms in total. The molecule has 0 bridgehead atoms. The Kier molecular flexibility index (Phi) is 17.7. The molecule has 254 valence electrons. The van der Waals surface area contributed by atoms with Crippen LogP contribution < -0.4 is 15.4 Å². The summed E-state index contributed by atoms with van der Waals surface area (Å²) in [5, 5.41) is 16.5. The lowest BCUT2D eigenvalue weighted by Gasteiger charge is -2.13. The largest absolute Gasteiger partial charge is 0.346 e. The molecule has 0 radical (unpaired) electrons. The van der Waals surface area contributed by atoms with Crippen LogP contribution in [0.2, 0.25) is 0 Å². The fourth-order valence-electron chi connectivity index (χ4n) is 5.06. The Balaban J connectivity index is 1.70. The van der Waals surface area contributed by atoms with Gasteiger partial charge in [-0.05, 0) is 68.2 Å². The summed E-state index contributed by atoms with van der Waals surface area (Å²) in [6.07, 6.45) is 17.4. The van der Waals surface area contributed by atoms with Gasteiger partial charge < -0.3 is 10.6 Å². The molecule has 0 aliphatic carbocycles. The highest BCUT2D eigenvalue weighted by Crippen LogP contribution is 2.23.